The molecule has 2 atom stereocenters. The highest BCUT2D eigenvalue weighted by molar-refractivity contribution is 5.85. The van der Waals surface area contributed by atoms with Gasteiger partial charge in [-0.05, 0) is 21.9 Å². The smallest absolute Gasteiger partial charge is 0.0824 e. The van der Waals surface area contributed by atoms with E-state index < -0.39 is 12.2 Å². The monoisotopic (exact) mass is 278 g/mol. The molecule has 3 aromatic carbocycles. The van der Waals surface area contributed by atoms with Gasteiger partial charge in [0.25, 0.3) is 0 Å². The molecule has 0 heterocycles. The minimum atomic E-state index is -0.689. The molecule has 0 aliphatic carbocycles. The number of aliphatic hydroxyl groups excluding tert-OH is 2. The molecule has 3 aromatic rings. The lowest BCUT2D eigenvalue weighted by Crippen LogP contribution is -2.06. The molecule has 2 unspecified atom stereocenters. The Labute approximate surface area is 124 Å². The molecule has 0 fully saturated rings. The van der Waals surface area contributed by atoms with E-state index in [1.54, 1.807) is 0 Å². The van der Waals surface area contributed by atoms with Crippen molar-refractivity contribution in [2.45, 2.75) is 18.6 Å². The normalized spacial score (nSPS) is 14.0. The van der Waals surface area contributed by atoms with Crippen LogP contribution in [-0.4, -0.2) is 10.2 Å². The van der Waals surface area contributed by atoms with Crippen LogP contribution in [-0.2, 0) is 0 Å². The zero-order valence-corrected chi connectivity index (χ0v) is 11.7. The molecule has 2 nitrogen and oxygen atoms in total. The van der Waals surface area contributed by atoms with E-state index in [0.29, 0.717) is 0 Å². The van der Waals surface area contributed by atoms with Crippen LogP contribution in [0.1, 0.15) is 29.8 Å². The summed E-state index contributed by atoms with van der Waals surface area (Å²) >= 11 is 0. The van der Waals surface area contributed by atoms with Gasteiger partial charge in [0.2, 0.25) is 0 Å². The van der Waals surface area contributed by atoms with Crippen molar-refractivity contribution < 1.29 is 10.2 Å². The second-order valence-corrected chi connectivity index (χ2v) is 5.25. The number of rotatable bonds is 4. The van der Waals surface area contributed by atoms with E-state index >= 15 is 0 Å². The van der Waals surface area contributed by atoms with Crippen LogP contribution in [0.5, 0.6) is 0 Å². The second kappa shape index (κ2) is 6.08. The second-order valence-electron chi connectivity index (χ2n) is 5.25. The summed E-state index contributed by atoms with van der Waals surface area (Å²) in [4.78, 5) is 0. The van der Waals surface area contributed by atoms with Gasteiger partial charge in [-0.3, -0.25) is 0 Å². The molecule has 0 spiro atoms. The van der Waals surface area contributed by atoms with Crippen LogP contribution in [0.2, 0.25) is 0 Å². The average molecular weight is 278 g/mol. The van der Waals surface area contributed by atoms with Crippen molar-refractivity contribution >= 4 is 10.8 Å². The molecular formula is C19H18O2. The maximum Gasteiger partial charge on any atom is 0.0824 e. The Morgan fingerprint density at radius 1 is 0.667 bits per heavy atom. The number of aliphatic hydroxyl groups is 2. The molecular weight excluding hydrogens is 260 g/mol. The summed E-state index contributed by atoms with van der Waals surface area (Å²) < 4.78 is 0. The fraction of sp³-hybridized carbons (Fsp3) is 0.158. The van der Waals surface area contributed by atoms with Crippen molar-refractivity contribution in [2.24, 2.45) is 0 Å². The third kappa shape index (κ3) is 2.97. The zero-order valence-electron chi connectivity index (χ0n) is 11.7. The van der Waals surface area contributed by atoms with Gasteiger partial charge in [0, 0.05) is 6.42 Å². The fourth-order valence-corrected chi connectivity index (χ4v) is 2.69. The minimum Gasteiger partial charge on any atom is -0.388 e. The molecule has 0 saturated carbocycles. The number of fused-ring (bicyclic) bond motifs is 1. The first kappa shape index (κ1) is 13.8. The Balaban J connectivity index is 1.86. The van der Waals surface area contributed by atoms with Gasteiger partial charge >= 0.3 is 0 Å². The number of hydrogen-bond acceptors (Lipinski definition) is 2. The van der Waals surface area contributed by atoms with Crippen molar-refractivity contribution in [3.8, 4) is 0 Å². The predicted octanol–water partition coefficient (Wildman–Crippen LogP) is 4.00. The van der Waals surface area contributed by atoms with E-state index in [-0.39, 0.29) is 6.42 Å². The van der Waals surface area contributed by atoms with Crippen LogP contribution in [0.15, 0.2) is 72.8 Å². The van der Waals surface area contributed by atoms with E-state index in [9.17, 15) is 10.2 Å². The standard InChI is InChI=1S/C19H18O2/c20-18(15-8-2-1-3-9-15)13-19(21)17-12-6-10-14-7-4-5-11-16(14)17/h1-12,18-21H,13H2. The Kier molecular flexibility index (Phi) is 4.00. The summed E-state index contributed by atoms with van der Waals surface area (Å²) in [5.41, 5.74) is 1.69. The van der Waals surface area contributed by atoms with Crippen LogP contribution in [0.4, 0.5) is 0 Å². The molecule has 0 bridgehead atoms. The highest BCUT2D eigenvalue weighted by Gasteiger charge is 2.17. The average Bonchev–Trinajstić information content (AvgIpc) is 2.55. The molecule has 0 aromatic heterocycles. The Bertz CT molecular complexity index is 716. The number of hydrogen-bond donors (Lipinski definition) is 2. The quantitative estimate of drug-likeness (QED) is 0.757. The van der Waals surface area contributed by atoms with E-state index in [1.807, 2.05) is 72.8 Å². The molecule has 2 heteroatoms. The minimum absolute atomic E-state index is 0.290. The highest BCUT2D eigenvalue weighted by atomic mass is 16.3. The summed E-state index contributed by atoms with van der Waals surface area (Å²) in [6.07, 6.45) is -1.07. The molecule has 0 amide bonds. The lowest BCUT2D eigenvalue weighted by molar-refractivity contribution is 0.0812. The zero-order chi connectivity index (χ0) is 14.7. The Morgan fingerprint density at radius 2 is 1.33 bits per heavy atom. The van der Waals surface area contributed by atoms with Crippen LogP contribution in [0.25, 0.3) is 10.8 Å². The van der Waals surface area contributed by atoms with E-state index in [0.717, 1.165) is 21.9 Å². The van der Waals surface area contributed by atoms with E-state index in [2.05, 4.69) is 0 Å². The van der Waals surface area contributed by atoms with Crippen LogP contribution in [0, 0.1) is 0 Å². The summed E-state index contributed by atoms with van der Waals surface area (Å²) in [6.45, 7) is 0. The summed E-state index contributed by atoms with van der Waals surface area (Å²) in [7, 11) is 0. The largest absolute Gasteiger partial charge is 0.388 e. The van der Waals surface area contributed by atoms with Crippen molar-refractivity contribution in [2.75, 3.05) is 0 Å². The lowest BCUT2D eigenvalue weighted by Gasteiger charge is -2.18. The molecule has 21 heavy (non-hydrogen) atoms. The van der Waals surface area contributed by atoms with Gasteiger partial charge in [0.15, 0.2) is 0 Å². The van der Waals surface area contributed by atoms with Gasteiger partial charge in [-0.1, -0.05) is 72.8 Å². The van der Waals surface area contributed by atoms with Gasteiger partial charge in [0.05, 0.1) is 12.2 Å². The van der Waals surface area contributed by atoms with Crippen LogP contribution in [0.3, 0.4) is 0 Å². The van der Waals surface area contributed by atoms with Gasteiger partial charge < -0.3 is 10.2 Å². The number of benzene rings is 3. The predicted molar refractivity (Wildman–Crippen MR) is 84.9 cm³/mol. The van der Waals surface area contributed by atoms with Crippen molar-refractivity contribution in [3.63, 3.8) is 0 Å². The van der Waals surface area contributed by atoms with E-state index in [1.165, 1.54) is 0 Å². The summed E-state index contributed by atoms with van der Waals surface area (Å²) in [5.74, 6) is 0. The third-order valence-corrected chi connectivity index (χ3v) is 3.81. The topological polar surface area (TPSA) is 40.5 Å². The van der Waals surface area contributed by atoms with Gasteiger partial charge in [-0.15, -0.1) is 0 Å². The van der Waals surface area contributed by atoms with Crippen LogP contribution >= 0.6 is 0 Å². The molecule has 0 saturated heterocycles. The lowest BCUT2D eigenvalue weighted by atomic mass is 9.95. The Morgan fingerprint density at radius 3 is 2.14 bits per heavy atom. The van der Waals surface area contributed by atoms with Crippen molar-refractivity contribution in [3.05, 3.63) is 83.9 Å². The van der Waals surface area contributed by atoms with Gasteiger partial charge in [-0.2, -0.15) is 0 Å². The molecule has 0 aliphatic rings. The molecule has 0 aliphatic heterocycles. The Hall–Kier alpha value is -2.16. The van der Waals surface area contributed by atoms with Gasteiger partial charge in [0.1, 0.15) is 0 Å². The van der Waals surface area contributed by atoms with Crippen molar-refractivity contribution in [1.82, 2.24) is 0 Å². The molecule has 0 radical (unpaired) electrons. The maximum absolute atomic E-state index is 10.5. The molecule has 106 valence electrons. The van der Waals surface area contributed by atoms with Gasteiger partial charge in [-0.25, -0.2) is 0 Å². The van der Waals surface area contributed by atoms with Crippen LogP contribution < -0.4 is 0 Å². The molecule has 3 rings (SSSR count). The fourth-order valence-electron chi connectivity index (χ4n) is 2.69. The maximum atomic E-state index is 10.5. The SMILES string of the molecule is OC(CC(O)c1cccc2ccccc12)c1ccccc1. The first-order valence-corrected chi connectivity index (χ1v) is 7.14. The first-order chi connectivity index (χ1) is 10.3. The van der Waals surface area contributed by atoms with Crippen molar-refractivity contribution in [1.29, 1.82) is 0 Å². The van der Waals surface area contributed by atoms with E-state index in [4.69, 9.17) is 0 Å². The highest BCUT2D eigenvalue weighted by Crippen LogP contribution is 2.30. The summed E-state index contributed by atoms with van der Waals surface area (Å²) in [5, 5.41) is 22.9. The molecule has 2 N–H and O–H groups in total. The third-order valence-electron chi connectivity index (χ3n) is 3.81. The first-order valence-electron chi connectivity index (χ1n) is 7.14. The summed E-state index contributed by atoms with van der Waals surface area (Å²) in [6, 6.07) is 23.3.